The van der Waals surface area contributed by atoms with Crippen LogP contribution in [0.4, 0.5) is 5.82 Å². The quantitative estimate of drug-likeness (QED) is 0.424. The van der Waals surface area contributed by atoms with E-state index in [2.05, 4.69) is 32.3 Å². The first-order chi connectivity index (χ1) is 13.7. The van der Waals surface area contributed by atoms with Crippen molar-refractivity contribution < 1.29 is 4.52 Å². The summed E-state index contributed by atoms with van der Waals surface area (Å²) in [5, 5.41) is 9.38. The first-order valence-corrected chi connectivity index (χ1v) is 9.16. The van der Waals surface area contributed by atoms with Crippen LogP contribution in [0, 0.1) is 24.7 Å². The van der Waals surface area contributed by atoms with Gasteiger partial charge in [-0.25, -0.2) is 4.98 Å². The maximum absolute atomic E-state index is 12.6. The van der Waals surface area contributed by atoms with E-state index >= 15 is 0 Å². The van der Waals surface area contributed by atoms with Crippen LogP contribution in [0.5, 0.6) is 0 Å². The summed E-state index contributed by atoms with van der Waals surface area (Å²) in [6.45, 7) is 2.31. The monoisotopic (exact) mass is 371 g/mol. The highest BCUT2D eigenvalue weighted by Crippen LogP contribution is 2.30. The number of anilines is 1. The second kappa shape index (κ2) is 6.50. The normalized spacial score (nSPS) is 13.5. The summed E-state index contributed by atoms with van der Waals surface area (Å²) in [5.41, 5.74) is 1.88. The third kappa shape index (κ3) is 2.99. The van der Waals surface area contributed by atoms with Crippen LogP contribution >= 0.6 is 0 Å². The molecule has 0 aromatic carbocycles. The molecule has 0 unspecified atom stereocenters. The van der Waals surface area contributed by atoms with Crippen molar-refractivity contribution in [1.82, 2.24) is 20.1 Å². The second-order valence-electron chi connectivity index (χ2n) is 6.96. The molecule has 0 atom stereocenters. The van der Waals surface area contributed by atoms with Crippen LogP contribution < -0.4 is 10.9 Å². The number of nitrogens with zero attached hydrogens (tertiary/aromatic N) is 3. The van der Waals surface area contributed by atoms with Gasteiger partial charge in [-0.2, -0.15) is 0 Å². The molecule has 1 fully saturated rings. The zero-order valence-electron chi connectivity index (χ0n) is 15.2. The van der Waals surface area contributed by atoms with Crippen LogP contribution in [0.1, 0.15) is 29.9 Å². The van der Waals surface area contributed by atoms with Gasteiger partial charge in [-0.1, -0.05) is 17.0 Å². The van der Waals surface area contributed by atoms with Crippen molar-refractivity contribution in [1.29, 1.82) is 0 Å². The highest BCUT2D eigenvalue weighted by molar-refractivity contribution is 6.10. The Kier molecular flexibility index (Phi) is 3.83. The molecule has 1 saturated carbocycles. The van der Waals surface area contributed by atoms with Crippen LogP contribution in [-0.2, 0) is 6.54 Å². The van der Waals surface area contributed by atoms with Crippen molar-refractivity contribution in [3.05, 3.63) is 58.1 Å². The largest absolute Gasteiger partial charge is 0.364 e. The van der Waals surface area contributed by atoms with E-state index in [9.17, 15) is 4.79 Å². The van der Waals surface area contributed by atoms with E-state index in [0.717, 1.165) is 35.1 Å². The summed E-state index contributed by atoms with van der Waals surface area (Å²) in [6, 6.07) is 3.72. The molecule has 5 rings (SSSR count). The number of rotatable bonds is 3. The fourth-order valence-electron chi connectivity index (χ4n) is 3.17. The van der Waals surface area contributed by atoms with Gasteiger partial charge in [0.1, 0.15) is 17.3 Å². The number of hydrogen-bond donors (Lipinski definition) is 2. The molecule has 0 radical (unpaired) electrons. The molecule has 7 nitrogen and oxygen atoms in total. The van der Waals surface area contributed by atoms with Gasteiger partial charge in [0.15, 0.2) is 0 Å². The number of nitrogens with one attached hydrogen (secondary N) is 2. The summed E-state index contributed by atoms with van der Waals surface area (Å²) >= 11 is 0. The standard InChI is InChI=1S/C21H17N5O2/c1-12-8-15(26-28-12)10-23-20-16-6-7-22-11-17(16)18-19(25-20)14(9-24-21(18)27)5-4-13-2-3-13/h6-9,11,13H,2-3,10H2,1H3,(H,23,25)(H,24,27). The van der Waals surface area contributed by atoms with Crippen LogP contribution in [0.3, 0.4) is 0 Å². The van der Waals surface area contributed by atoms with Crippen LogP contribution in [0.2, 0.25) is 0 Å². The maximum atomic E-state index is 12.6. The molecule has 138 valence electrons. The van der Waals surface area contributed by atoms with Crippen molar-refractivity contribution in [2.24, 2.45) is 5.92 Å². The number of aromatic nitrogens is 4. The lowest BCUT2D eigenvalue weighted by atomic mass is 10.1. The van der Waals surface area contributed by atoms with Gasteiger partial charge in [0, 0.05) is 41.3 Å². The van der Waals surface area contributed by atoms with Gasteiger partial charge >= 0.3 is 0 Å². The predicted octanol–water partition coefficient (Wildman–Crippen LogP) is 3.14. The van der Waals surface area contributed by atoms with E-state index in [4.69, 9.17) is 9.51 Å². The SMILES string of the molecule is Cc1cc(CNc2nc3c(C#CC4CC4)c[nH]c(=O)c3c3cnccc23)no1. The first-order valence-electron chi connectivity index (χ1n) is 9.16. The molecule has 1 aliphatic rings. The highest BCUT2D eigenvalue weighted by atomic mass is 16.5. The molecule has 4 aromatic rings. The molecule has 1 aliphatic carbocycles. The Labute approximate surface area is 160 Å². The van der Waals surface area contributed by atoms with Gasteiger partial charge in [-0.3, -0.25) is 9.78 Å². The lowest BCUT2D eigenvalue weighted by Gasteiger charge is -2.11. The lowest BCUT2D eigenvalue weighted by Crippen LogP contribution is -2.10. The van der Waals surface area contributed by atoms with Crippen molar-refractivity contribution in [2.45, 2.75) is 26.3 Å². The Bertz CT molecular complexity index is 1320. The predicted molar refractivity (Wildman–Crippen MR) is 106 cm³/mol. The Morgan fingerprint density at radius 1 is 1.36 bits per heavy atom. The molecular weight excluding hydrogens is 354 g/mol. The number of hydrogen-bond acceptors (Lipinski definition) is 6. The van der Waals surface area contributed by atoms with Crippen molar-refractivity contribution >= 4 is 27.5 Å². The molecule has 0 amide bonds. The molecule has 0 saturated heterocycles. The Morgan fingerprint density at radius 3 is 3.04 bits per heavy atom. The molecule has 0 bridgehead atoms. The summed E-state index contributed by atoms with van der Waals surface area (Å²) < 4.78 is 5.12. The van der Waals surface area contributed by atoms with Crippen molar-refractivity contribution in [3.8, 4) is 11.8 Å². The first kappa shape index (κ1) is 16.5. The van der Waals surface area contributed by atoms with Gasteiger partial charge in [0.05, 0.1) is 23.0 Å². The second-order valence-corrected chi connectivity index (χ2v) is 6.96. The summed E-state index contributed by atoms with van der Waals surface area (Å²) in [6.07, 6.45) is 7.29. The fraction of sp³-hybridized carbons (Fsp3) is 0.238. The number of aromatic amines is 1. The molecule has 7 heteroatoms. The highest BCUT2D eigenvalue weighted by Gasteiger charge is 2.18. The van der Waals surface area contributed by atoms with E-state index in [1.807, 2.05) is 19.1 Å². The van der Waals surface area contributed by atoms with Crippen LogP contribution in [-0.4, -0.2) is 20.1 Å². The third-order valence-electron chi connectivity index (χ3n) is 4.74. The Morgan fingerprint density at radius 2 is 2.25 bits per heavy atom. The smallest absolute Gasteiger partial charge is 0.258 e. The van der Waals surface area contributed by atoms with E-state index < -0.39 is 0 Å². The number of pyridine rings is 3. The van der Waals surface area contributed by atoms with Crippen LogP contribution in [0.15, 0.2) is 40.0 Å². The number of fused-ring (bicyclic) bond motifs is 3. The number of H-pyrrole nitrogens is 1. The Hall–Kier alpha value is -3.66. The summed E-state index contributed by atoms with van der Waals surface area (Å²) in [4.78, 5) is 24.3. The van der Waals surface area contributed by atoms with Gasteiger partial charge in [0.2, 0.25) is 0 Å². The maximum Gasteiger partial charge on any atom is 0.258 e. The molecular formula is C21H17N5O2. The summed E-state index contributed by atoms with van der Waals surface area (Å²) in [5.74, 6) is 8.29. The number of aryl methyl sites for hydroxylation is 1. The topological polar surface area (TPSA) is 96.7 Å². The summed E-state index contributed by atoms with van der Waals surface area (Å²) in [7, 11) is 0. The molecule has 4 aromatic heterocycles. The van der Waals surface area contributed by atoms with E-state index in [0.29, 0.717) is 34.7 Å². The molecule has 4 heterocycles. The third-order valence-corrected chi connectivity index (χ3v) is 4.74. The van der Waals surface area contributed by atoms with Gasteiger partial charge in [-0.05, 0) is 25.8 Å². The minimum Gasteiger partial charge on any atom is -0.364 e. The molecule has 2 N–H and O–H groups in total. The minimum absolute atomic E-state index is 0.198. The minimum atomic E-state index is -0.198. The van der Waals surface area contributed by atoms with E-state index in [-0.39, 0.29) is 5.56 Å². The van der Waals surface area contributed by atoms with Gasteiger partial charge in [0.25, 0.3) is 5.56 Å². The fourth-order valence-corrected chi connectivity index (χ4v) is 3.17. The van der Waals surface area contributed by atoms with Crippen molar-refractivity contribution in [2.75, 3.05) is 5.32 Å². The molecule has 0 aliphatic heterocycles. The lowest BCUT2D eigenvalue weighted by molar-refractivity contribution is 0.391. The molecule has 0 spiro atoms. The van der Waals surface area contributed by atoms with E-state index in [1.165, 1.54) is 0 Å². The van der Waals surface area contributed by atoms with Crippen molar-refractivity contribution in [3.63, 3.8) is 0 Å². The van der Waals surface area contributed by atoms with E-state index in [1.54, 1.807) is 18.6 Å². The zero-order valence-corrected chi connectivity index (χ0v) is 15.2. The van der Waals surface area contributed by atoms with Crippen LogP contribution in [0.25, 0.3) is 21.7 Å². The zero-order chi connectivity index (χ0) is 19.1. The van der Waals surface area contributed by atoms with Gasteiger partial charge in [-0.15, -0.1) is 0 Å². The average Bonchev–Trinajstić information content (AvgIpc) is 3.45. The Balaban J connectivity index is 1.68. The molecule has 28 heavy (non-hydrogen) atoms. The average molecular weight is 371 g/mol. The van der Waals surface area contributed by atoms with Gasteiger partial charge < -0.3 is 14.8 Å².